The Balaban J connectivity index is 3.42. The first-order valence-corrected chi connectivity index (χ1v) is 20.0. The van der Waals surface area contributed by atoms with Gasteiger partial charge in [-0.25, -0.2) is 9.78 Å². The van der Waals surface area contributed by atoms with Gasteiger partial charge in [0.1, 0.15) is 36.3 Å². The van der Waals surface area contributed by atoms with E-state index in [-0.39, 0.29) is 62.8 Å². The van der Waals surface area contributed by atoms with Gasteiger partial charge >= 0.3 is 17.9 Å². The molecule has 21 N–H and O–H groups in total. The molecule has 8 atom stereocenters. The summed E-state index contributed by atoms with van der Waals surface area (Å²) in [5.74, 6) is -11.6. The van der Waals surface area contributed by atoms with Crippen LogP contribution >= 0.6 is 0 Å². The number of imidazole rings is 1. The van der Waals surface area contributed by atoms with E-state index in [1.807, 2.05) is 0 Å². The van der Waals surface area contributed by atoms with Gasteiger partial charge in [-0.1, -0.05) is 20.3 Å². The molecule has 0 aliphatic carbocycles. The molecular formula is C36H61N15O13. The van der Waals surface area contributed by atoms with Gasteiger partial charge in [0.25, 0.3) is 0 Å². The lowest BCUT2D eigenvalue weighted by molar-refractivity contribution is -0.144. The van der Waals surface area contributed by atoms with Crippen molar-refractivity contribution in [2.45, 2.75) is 114 Å². The van der Waals surface area contributed by atoms with Crippen molar-refractivity contribution in [3.8, 4) is 0 Å². The summed E-state index contributed by atoms with van der Waals surface area (Å²) in [6.07, 6.45) is 0.687. The molecule has 28 nitrogen and oxygen atoms in total. The molecule has 358 valence electrons. The van der Waals surface area contributed by atoms with Gasteiger partial charge in [0, 0.05) is 37.8 Å². The number of rotatable bonds is 31. The van der Waals surface area contributed by atoms with Gasteiger partial charge in [0.15, 0.2) is 11.9 Å². The maximum atomic E-state index is 14.0. The Morgan fingerprint density at radius 2 is 1.19 bits per heavy atom. The minimum absolute atomic E-state index is 0.0212. The maximum absolute atomic E-state index is 14.0. The molecule has 0 fully saturated rings. The van der Waals surface area contributed by atoms with E-state index in [9.17, 15) is 58.5 Å². The molecule has 0 aliphatic heterocycles. The number of aromatic nitrogens is 2. The predicted octanol–water partition coefficient (Wildman–Crippen LogP) is -6.24. The number of carboxylic acid groups (broad SMARTS) is 3. The van der Waals surface area contributed by atoms with Gasteiger partial charge in [0.2, 0.25) is 35.4 Å². The third kappa shape index (κ3) is 21.1. The number of amides is 6. The van der Waals surface area contributed by atoms with Gasteiger partial charge in [-0.2, -0.15) is 0 Å². The fourth-order valence-corrected chi connectivity index (χ4v) is 5.66. The van der Waals surface area contributed by atoms with E-state index in [0.29, 0.717) is 6.42 Å². The second-order valence-corrected chi connectivity index (χ2v) is 14.5. The van der Waals surface area contributed by atoms with Crippen molar-refractivity contribution in [3.63, 3.8) is 0 Å². The SMILES string of the molecule is CC[C@H](C)[C@H](NC(=O)[C@H](CCCN=C(N)N)NC(=O)[C@H](Cc1cnc[nH]1)NC(=O)[C@H](CC(=O)O)NC(=O)[C@H](CO)NC(=O)[C@@H](N)CCCN=C(N)N)C(=O)N[C@@H](CCC(=O)O)C(=O)O. The summed E-state index contributed by atoms with van der Waals surface area (Å²) in [5.41, 5.74) is 27.5. The second-order valence-electron chi connectivity index (χ2n) is 14.5. The second kappa shape index (κ2) is 28.5. The van der Waals surface area contributed by atoms with Crippen LogP contribution in [0.15, 0.2) is 22.5 Å². The molecule has 64 heavy (non-hydrogen) atoms. The molecule has 0 aromatic carbocycles. The minimum atomic E-state index is -1.90. The van der Waals surface area contributed by atoms with Crippen LogP contribution in [0, 0.1) is 5.92 Å². The van der Waals surface area contributed by atoms with Crippen LogP contribution in [-0.4, -0.2) is 158 Å². The highest BCUT2D eigenvalue weighted by molar-refractivity contribution is 5.98. The van der Waals surface area contributed by atoms with E-state index < -0.39 is 127 Å². The highest BCUT2D eigenvalue weighted by Crippen LogP contribution is 2.12. The number of guanidine groups is 2. The standard InChI is InChI=1S/C36H61N15O13/c1-3-17(2)27(33(62)47-21(34(63)64)8-9-25(53)54)51-29(58)20(7-5-11-44-36(40)41)46-30(59)22(12-18-14-42-16-45-18)48-31(60)23(13-26(55)56)49-32(61)24(15-52)50-28(57)19(37)6-4-10-43-35(38)39/h14,16-17,19-24,27,52H,3-13,15,37H2,1-2H3,(H,42,45)(H,46,59)(H,47,62)(H,48,60)(H,49,61)(H,50,57)(H,51,58)(H,53,54)(H,55,56)(H,63,64)(H4,38,39,43)(H4,40,41,44)/t17-,19-,20-,21-,22-,23-,24-,27-/m0/s1. The average Bonchev–Trinajstić information content (AvgIpc) is 3.74. The topological polar surface area (TPSA) is 490 Å². The summed E-state index contributed by atoms with van der Waals surface area (Å²) in [5, 5.41) is 52.2. The molecule has 1 aromatic rings. The quantitative estimate of drug-likeness (QED) is 0.0187. The molecular weight excluding hydrogens is 850 g/mol. The zero-order valence-electron chi connectivity index (χ0n) is 35.5. The van der Waals surface area contributed by atoms with Crippen molar-refractivity contribution in [3.05, 3.63) is 18.2 Å². The van der Waals surface area contributed by atoms with Crippen LogP contribution in [0.4, 0.5) is 0 Å². The first kappa shape index (κ1) is 54.9. The molecule has 0 radical (unpaired) electrons. The lowest BCUT2D eigenvalue weighted by Crippen LogP contribution is -2.61. The fourth-order valence-electron chi connectivity index (χ4n) is 5.66. The third-order valence-corrected chi connectivity index (χ3v) is 9.38. The van der Waals surface area contributed by atoms with Gasteiger partial charge in [-0.05, 0) is 38.0 Å². The number of carbonyl (C=O) groups is 9. The number of hydrogen-bond donors (Lipinski definition) is 16. The molecule has 0 aliphatic rings. The Labute approximate surface area is 366 Å². The molecule has 1 aromatic heterocycles. The summed E-state index contributed by atoms with van der Waals surface area (Å²) in [6, 6.07) is -10.9. The molecule has 6 amide bonds. The van der Waals surface area contributed by atoms with Gasteiger partial charge < -0.3 is 86.0 Å². The number of aliphatic hydroxyl groups is 1. The average molecular weight is 912 g/mol. The number of carboxylic acids is 3. The van der Waals surface area contributed by atoms with Gasteiger partial charge in [0.05, 0.1) is 25.4 Å². The molecule has 1 heterocycles. The van der Waals surface area contributed by atoms with Crippen molar-refractivity contribution < 1.29 is 63.6 Å². The monoisotopic (exact) mass is 911 g/mol. The fraction of sp³-hybridized carbons (Fsp3) is 0.611. The van der Waals surface area contributed by atoms with E-state index in [0.717, 1.165) is 0 Å². The number of hydrogen-bond acceptors (Lipinski definition) is 14. The third-order valence-electron chi connectivity index (χ3n) is 9.38. The normalized spacial score (nSPS) is 14.6. The molecule has 0 spiro atoms. The maximum Gasteiger partial charge on any atom is 0.326 e. The summed E-state index contributed by atoms with van der Waals surface area (Å²) < 4.78 is 0. The lowest BCUT2D eigenvalue weighted by Gasteiger charge is -2.29. The number of aliphatic carboxylic acids is 3. The molecule has 28 heteroatoms. The Bertz CT molecular complexity index is 1800. The van der Waals surface area contributed by atoms with Crippen molar-refractivity contribution >= 4 is 65.3 Å². The van der Waals surface area contributed by atoms with Crippen LogP contribution in [0.3, 0.4) is 0 Å². The summed E-state index contributed by atoms with van der Waals surface area (Å²) in [6.45, 7) is 2.40. The Hall–Kier alpha value is -7.10. The minimum Gasteiger partial charge on any atom is -0.481 e. The molecule has 0 saturated heterocycles. The van der Waals surface area contributed by atoms with Crippen molar-refractivity contribution in [2.24, 2.45) is 44.6 Å². The predicted molar refractivity (Wildman–Crippen MR) is 225 cm³/mol. The van der Waals surface area contributed by atoms with E-state index in [1.165, 1.54) is 12.5 Å². The molecule has 0 bridgehead atoms. The number of aromatic amines is 1. The number of aliphatic hydroxyl groups excluding tert-OH is 1. The molecule has 1 rings (SSSR count). The largest absolute Gasteiger partial charge is 0.481 e. The first-order chi connectivity index (χ1) is 30.1. The number of H-pyrrole nitrogens is 1. The summed E-state index contributed by atoms with van der Waals surface area (Å²) in [4.78, 5) is 130. The summed E-state index contributed by atoms with van der Waals surface area (Å²) >= 11 is 0. The van der Waals surface area contributed by atoms with Crippen molar-refractivity contribution in [2.75, 3.05) is 19.7 Å². The van der Waals surface area contributed by atoms with Crippen LogP contribution < -0.4 is 60.6 Å². The highest BCUT2D eigenvalue weighted by atomic mass is 16.4. The van der Waals surface area contributed by atoms with Crippen LogP contribution in [0.1, 0.15) is 70.9 Å². The zero-order chi connectivity index (χ0) is 48.5. The first-order valence-electron chi connectivity index (χ1n) is 20.0. The molecule has 0 unspecified atom stereocenters. The van der Waals surface area contributed by atoms with Crippen molar-refractivity contribution in [1.82, 2.24) is 41.9 Å². The smallest absolute Gasteiger partial charge is 0.326 e. The number of nitrogens with zero attached hydrogens (tertiary/aromatic N) is 3. The van der Waals surface area contributed by atoms with Crippen molar-refractivity contribution in [1.29, 1.82) is 0 Å². The summed E-state index contributed by atoms with van der Waals surface area (Å²) in [7, 11) is 0. The van der Waals surface area contributed by atoms with E-state index >= 15 is 0 Å². The number of nitrogens with two attached hydrogens (primary N) is 5. The Morgan fingerprint density at radius 3 is 1.70 bits per heavy atom. The van der Waals surface area contributed by atoms with Crippen LogP contribution in [0.25, 0.3) is 0 Å². The van der Waals surface area contributed by atoms with Crippen LogP contribution in [-0.2, 0) is 49.6 Å². The van der Waals surface area contributed by atoms with E-state index in [1.54, 1.807) is 13.8 Å². The van der Waals surface area contributed by atoms with Gasteiger partial charge in [-0.15, -0.1) is 0 Å². The number of nitrogens with one attached hydrogen (secondary N) is 7. The molecule has 0 saturated carbocycles. The highest BCUT2D eigenvalue weighted by Gasteiger charge is 2.35. The van der Waals surface area contributed by atoms with Crippen LogP contribution in [0.5, 0.6) is 0 Å². The Kier molecular flexibility index (Phi) is 24.4. The number of carbonyl (C=O) groups excluding carboxylic acids is 6. The Morgan fingerprint density at radius 1 is 0.672 bits per heavy atom. The van der Waals surface area contributed by atoms with E-state index in [2.05, 4.69) is 51.9 Å². The number of aliphatic imine (C=N–C) groups is 2. The van der Waals surface area contributed by atoms with E-state index in [4.69, 9.17) is 33.8 Å². The van der Waals surface area contributed by atoms with Gasteiger partial charge in [-0.3, -0.25) is 48.3 Å². The van der Waals surface area contributed by atoms with Crippen LogP contribution in [0.2, 0.25) is 0 Å². The lowest BCUT2D eigenvalue weighted by atomic mass is 9.96. The zero-order valence-corrected chi connectivity index (χ0v) is 35.5.